The SMILES string of the molecule is CC(C)(C)OC(=O)N1CC[C@H](OC(=O)CC(c2ccccc2)c2ccc3cc(C#N)ccc3c2)C1. The van der Waals surface area contributed by atoms with Gasteiger partial charge in [-0.05, 0) is 54.8 Å². The van der Waals surface area contributed by atoms with Crippen molar-refractivity contribution in [1.29, 1.82) is 5.26 Å². The molecule has 2 atom stereocenters. The number of nitriles is 1. The third-order valence-corrected chi connectivity index (χ3v) is 6.06. The summed E-state index contributed by atoms with van der Waals surface area (Å²) in [5.74, 6) is -0.470. The number of carbonyl (C=O) groups excluding carboxylic acids is 2. The second-order valence-electron chi connectivity index (χ2n) is 9.93. The molecule has 6 nitrogen and oxygen atoms in total. The van der Waals surface area contributed by atoms with Crippen molar-refractivity contribution in [3.8, 4) is 6.07 Å². The van der Waals surface area contributed by atoms with Crippen LogP contribution < -0.4 is 0 Å². The van der Waals surface area contributed by atoms with Gasteiger partial charge in [0.1, 0.15) is 11.7 Å². The largest absolute Gasteiger partial charge is 0.460 e. The lowest BCUT2D eigenvalue weighted by Crippen LogP contribution is -2.36. The molecule has 1 heterocycles. The summed E-state index contributed by atoms with van der Waals surface area (Å²) in [6.07, 6.45) is 0.0637. The maximum absolute atomic E-state index is 13.0. The van der Waals surface area contributed by atoms with Gasteiger partial charge in [-0.2, -0.15) is 5.26 Å². The van der Waals surface area contributed by atoms with Gasteiger partial charge in [-0.1, -0.05) is 54.6 Å². The van der Waals surface area contributed by atoms with Crippen LogP contribution in [0.1, 0.15) is 56.2 Å². The van der Waals surface area contributed by atoms with Crippen molar-refractivity contribution in [2.75, 3.05) is 13.1 Å². The molecule has 180 valence electrons. The number of hydrogen-bond donors (Lipinski definition) is 0. The van der Waals surface area contributed by atoms with Crippen LogP contribution in [-0.4, -0.2) is 41.8 Å². The number of ether oxygens (including phenoxy) is 2. The summed E-state index contributed by atoms with van der Waals surface area (Å²) < 4.78 is 11.2. The molecule has 0 aliphatic carbocycles. The molecule has 6 heteroatoms. The van der Waals surface area contributed by atoms with E-state index in [1.165, 1.54) is 0 Å². The van der Waals surface area contributed by atoms with Crippen LogP contribution in [0, 0.1) is 11.3 Å². The molecule has 35 heavy (non-hydrogen) atoms. The summed E-state index contributed by atoms with van der Waals surface area (Å²) in [6.45, 7) is 6.34. The summed E-state index contributed by atoms with van der Waals surface area (Å²) in [5.41, 5.74) is 2.09. The maximum Gasteiger partial charge on any atom is 0.410 e. The highest BCUT2D eigenvalue weighted by Crippen LogP contribution is 2.31. The number of esters is 1. The fourth-order valence-electron chi connectivity index (χ4n) is 4.38. The van der Waals surface area contributed by atoms with Crippen LogP contribution in [0.15, 0.2) is 66.7 Å². The standard InChI is InChI=1S/C29H30N2O4/c1-29(2,3)35-28(33)31-14-13-25(19-31)34-27(32)17-26(21-7-5-4-6-8-21)24-12-11-22-15-20(18-30)9-10-23(22)16-24/h4-12,15-16,25-26H,13-14,17,19H2,1-3H3/t25-,26?/m0/s1. The van der Waals surface area contributed by atoms with Crippen molar-refractivity contribution >= 4 is 22.8 Å². The number of nitrogens with zero attached hydrogens (tertiary/aromatic N) is 2. The first-order valence-electron chi connectivity index (χ1n) is 11.9. The van der Waals surface area contributed by atoms with Crippen LogP contribution >= 0.6 is 0 Å². The van der Waals surface area contributed by atoms with E-state index in [9.17, 15) is 14.9 Å². The molecule has 1 fully saturated rings. The number of carbonyl (C=O) groups is 2. The Kier molecular flexibility index (Phi) is 7.07. The monoisotopic (exact) mass is 470 g/mol. The minimum atomic E-state index is -0.565. The van der Waals surface area contributed by atoms with Crippen molar-refractivity contribution in [3.63, 3.8) is 0 Å². The third-order valence-electron chi connectivity index (χ3n) is 6.06. The van der Waals surface area contributed by atoms with E-state index in [1.807, 2.05) is 75.4 Å². The van der Waals surface area contributed by atoms with Crippen molar-refractivity contribution in [3.05, 3.63) is 83.4 Å². The Morgan fingerprint density at radius 1 is 1.03 bits per heavy atom. The van der Waals surface area contributed by atoms with E-state index >= 15 is 0 Å². The minimum Gasteiger partial charge on any atom is -0.460 e. The summed E-state index contributed by atoms with van der Waals surface area (Å²) >= 11 is 0. The predicted octanol–water partition coefficient (Wildman–Crippen LogP) is 5.79. The van der Waals surface area contributed by atoms with Crippen LogP contribution in [0.4, 0.5) is 4.79 Å². The molecule has 0 aromatic heterocycles. The van der Waals surface area contributed by atoms with Crippen molar-refractivity contribution in [1.82, 2.24) is 4.90 Å². The Morgan fingerprint density at radius 2 is 1.74 bits per heavy atom. The lowest BCUT2D eigenvalue weighted by atomic mass is 9.87. The third kappa shape index (κ3) is 6.19. The minimum absolute atomic E-state index is 0.174. The molecule has 1 unspecified atom stereocenters. The van der Waals surface area contributed by atoms with Gasteiger partial charge in [-0.3, -0.25) is 4.79 Å². The number of hydrogen-bond acceptors (Lipinski definition) is 5. The highest BCUT2D eigenvalue weighted by atomic mass is 16.6. The molecule has 0 radical (unpaired) electrons. The smallest absolute Gasteiger partial charge is 0.410 e. The average Bonchev–Trinajstić information content (AvgIpc) is 3.30. The molecule has 1 amide bonds. The van der Waals surface area contributed by atoms with Crippen molar-refractivity contribution in [2.24, 2.45) is 0 Å². The maximum atomic E-state index is 13.0. The van der Waals surface area contributed by atoms with Crippen LogP contribution in [0.2, 0.25) is 0 Å². The second kappa shape index (κ2) is 10.2. The number of amides is 1. The highest BCUT2D eigenvalue weighted by Gasteiger charge is 2.32. The van der Waals surface area contributed by atoms with Crippen LogP contribution in [0.5, 0.6) is 0 Å². The number of likely N-dealkylation sites (tertiary alicyclic amines) is 1. The number of benzene rings is 3. The van der Waals surface area contributed by atoms with E-state index < -0.39 is 5.60 Å². The summed E-state index contributed by atoms with van der Waals surface area (Å²) in [6, 6.07) is 23.7. The Bertz CT molecular complexity index is 1260. The van der Waals surface area contributed by atoms with Gasteiger partial charge in [-0.25, -0.2) is 4.79 Å². The van der Waals surface area contributed by atoms with Crippen molar-refractivity contribution < 1.29 is 19.1 Å². The first-order chi connectivity index (χ1) is 16.7. The van der Waals surface area contributed by atoms with E-state index in [0.29, 0.717) is 25.1 Å². The summed E-state index contributed by atoms with van der Waals surface area (Å²) in [7, 11) is 0. The Hall–Kier alpha value is -3.85. The summed E-state index contributed by atoms with van der Waals surface area (Å²) in [5, 5.41) is 11.2. The molecule has 4 rings (SSSR count). The average molecular weight is 471 g/mol. The van der Waals surface area contributed by atoms with Gasteiger partial charge in [0.25, 0.3) is 0 Å². The van der Waals surface area contributed by atoms with E-state index in [1.54, 1.807) is 11.0 Å². The van der Waals surface area contributed by atoms with Gasteiger partial charge in [0, 0.05) is 18.9 Å². The van der Waals surface area contributed by atoms with Crippen molar-refractivity contribution in [2.45, 2.75) is 51.2 Å². The van der Waals surface area contributed by atoms with E-state index in [-0.39, 0.29) is 30.5 Å². The van der Waals surface area contributed by atoms with E-state index in [2.05, 4.69) is 12.1 Å². The van der Waals surface area contributed by atoms with E-state index in [4.69, 9.17) is 9.47 Å². The molecule has 0 bridgehead atoms. The van der Waals surface area contributed by atoms with Gasteiger partial charge >= 0.3 is 12.1 Å². The van der Waals surface area contributed by atoms with Gasteiger partial charge in [-0.15, -0.1) is 0 Å². The number of fused-ring (bicyclic) bond motifs is 1. The first-order valence-corrected chi connectivity index (χ1v) is 11.9. The second-order valence-corrected chi connectivity index (χ2v) is 9.93. The molecule has 1 aliphatic rings. The topological polar surface area (TPSA) is 79.6 Å². The molecule has 0 saturated carbocycles. The first kappa shape index (κ1) is 24.3. The Morgan fingerprint density at radius 3 is 2.46 bits per heavy atom. The molecular weight excluding hydrogens is 440 g/mol. The van der Waals surface area contributed by atoms with Gasteiger partial charge in [0.15, 0.2) is 0 Å². The zero-order chi connectivity index (χ0) is 25.0. The van der Waals surface area contributed by atoms with Gasteiger partial charge in [0.05, 0.1) is 24.6 Å². The Labute approximate surface area is 206 Å². The predicted molar refractivity (Wildman–Crippen MR) is 134 cm³/mol. The van der Waals surface area contributed by atoms with Crippen LogP contribution in [-0.2, 0) is 14.3 Å². The van der Waals surface area contributed by atoms with Crippen LogP contribution in [0.25, 0.3) is 10.8 Å². The van der Waals surface area contributed by atoms with Crippen LogP contribution in [0.3, 0.4) is 0 Å². The highest BCUT2D eigenvalue weighted by molar-refractivity contribution is 5.85. The summed E-state index contributed by atoms with van der Waals surface area (Å²) in [4.78, 5) is 26.9. The molecule has 1 saturated heterocycles. The fourth-order valence-corrected chi connectivity index (χ4v) is 4.38. The molecule has 1 aliphatic heterocycles. The number of rotatable bonds is 5. The van der Waals surface area contributed by atoms with E-state index in [0.717, 1.165) is 21.9 Å². The lowest BCUT2D eigenvalue weighted by molar-refractivity contribution is -0.148. The quantitative estimate of drug-likeness (QED) is 0.441. The van der Waals surface area contributed by atoms with Gasteiger partial charge < -0.3 is 14.4 Å². The zero-order valence-corrected chi connectivity index (χ0v) is 20.4. The molecule has 0 spiro atoms. The zero-order valence-electron chi connectivity index (χ0n) is 20.4. The normalized spacial score (nSPS) is 16.5. The lowest BCUT2D eigenvalue weighted by Gasteiger charge is -2.24. The van der Waals surface area contributed by atoms with Gasteiger partial charge in [0.2, 0.25) is 0 Å². The molecule has 3 aromatic carbocycles. The Balaban J connectivity index is 1.48. The molecular formula is C29H30N2O4. The molecule has 3 aromatic rings. The fraction of sp³-hybridized carbons (Fsp3) is 0.345. The molecule has 0 N–H and O–H groups in total.